The summed E-state index contributed by atoms with van der Waals surface area (Å²) in [5, 5.41) is 25.0. The molecule has 1 unspecified atom stereocenters. The lowest BCUT2D eigenvalue weighted by atomic mass is 9.87. The Labute approximate surface area is 206 Å². The summed E-state index contributed by atoms with van der Waals surface area (Å²) in [4.78, 5) is 22.1. The molecule has 1 amide bonds. The van der Waals surface area contributed by atoms with Crippen molar-refractivity contribution in [3.05, 3.63) is 81.3 Å². The Bertz CT molecular complexity index is 1220. The minimum absolute atomic E-state index is 0.0831. The number of hydrogen-bond donors (Lipinski definition) is 4. The zero-order valence-corrected chi connectivity index (χ0v) is 19.5. The largest absolute Gasteiger partial charge is 0.508 e. The fourth-order valence-corrected chi connectivity index (χ4v) is 4.56. The zero-order chi connectivity index (χ0) is 24.2. The molecule has 3 aromatic rings. The Morgan fingerprint density at radius 1 is 1.06 bits per heavy atom. The van der Waals surface area contributed by atoms with Gasteiger partial charge in [0.15, 0.2) is 5.75 Å². The first kappa shape index (κ1) is 23.9. The maximum Gasteiger partial charge on any atom is 0.394 e. The van der Waals surface area contributed by atoms with E-state index >= 15 is 0 Å². The predicted octanol–water partition coefficient (Wildman–Crippen LogP) is 5.68. The molecule has 4 N–H and O–H groups in total. The van der Waals surface area contributed by atoms with E-state index < -0.39 is 11.9 Å². The molecule has 1 aliphatic carbocycles. The summed E-state index contributed by atoms with van der Waals surface area (Å²) in [7, 11) is 0. The van der Waals surface area contributed by atoms with E-state index in [1.165, 1.54) is 29.3 Å². The van der Waals surface area contributed by atoms with Crippen molar-refractivity contribution in [2.75, 3.05) is 5.32 Å². The van der Waals surface area contributed by atoms with Crippen LogP contribution in [0, 0.1) is 0 Å². The average Bonchev–Trinajstić information content (AvgIpc) is 2.81. The fourth-order valence-electron chi connectivity index (χ4n) is 4.00. The Kier molecular flexibility index (Phi) is 7.26. The van der Waals surface area contributed by atoms with Crippen molar-refractivity contribution in [1.29, 1.82) is 0 Å². The molecule has 0 bridgehead atoms. The van der Waals surface area contributed by atoms with Crippen LogP contribution in [-0.4, -0.2) is 22.1 Å². The normalized spacial score (nSPS) is 14.8. The van der Waals surface area contributed by atoms with Crippen molar-refractivity contribution in [1.82, 2.24) is 5.32 Å². The maximum absolute atomic E-state index is 11.4. The van der Waals surface area contributed by atoms with Gasteiger partial charge in [0.2, 0.25) is 0 Å². The third-order valence-corrected chi connectivity index (χ3v) is 6.19. The first-order valence-corrected chi connectivity index (χ1v) is 11.4. The number of aromatic hydroxyl groups is 1. The number of nitrogens with one attached hydrogen (secondary N) is 2. The van der Waals surface area contributed by atoms with E-state index in [-0.39, 0.29) is 33.3 Å². The number of carboxylic acids is 1. The Morgan fingerprint density at radius 3 is 2.53 bits per heavy atom. The van der Waals surface area contributed by atoms with Crippen LogP contribution in [0.5, 0.6) is 17.2 Å². The average molecular weight is 501 g/mol. The minimum atomic E-state index is -1.63. The van der Waals surface area contributed by atoms with Gasteiger partial charge in [-0.1, -0.05) is 47.5 Å². The quantitative estimate of drug-likeness (QED) is 0.324. The number of aliphatic carboxylic acids is 1. The van der Waals surface area contributed by atoms with Crippen molar-refractivity contribution in [3.63, 3.8) is 0 Å². The molecule has 0 aromatic heterocycles. The smallest absolute Gasteiger partial charge is 0.394 e. The van der Waals surface area contributed by atoms with Crippen LogP contribution in [0.2, 0.25) is 10.0 Å². The van der Waals surface area contributed by atoms with Crippen LogP contribution in [0.4, 0.5) is 5.69 Å². The second-order valence-corrected chi connectivity index (χ2v) is 8.76. The molecule has 176 valence electrons. The van der Waals surface area contributed by atoms with Crippen molar-refractivity contribution in [2.24, 2.45) is 0 Å². The van der Waals surface area contributed by atoms with E-state index in [4.69, 9.17) is 33.0 Å². The number of anilines is 1. The maximum atomic E-state index is 11.4. The van der Waals surface area contributed by atoms with Gasteiger partial charge < -0.3 is 25.6 Å². The molecule has 4 rings (SSSR count). The molecule has 0 radical (unpaired) electrons. The SMILES string of the molecule is O=C(O)C(=O)Nc1cc(Cl)c(Oc2ccc(O)c(CNC3CCCc4ccccc43)c2)c(Cl)c1. The molecule has 9 heteroatoms. The van der Waals surface area contributed by atoms with Gasteiger partial charge in [-0.15, -0.1) is 0 Å². The van der Waals surface area contributed by atoms with Crippen LogP contribution < -0.4 is 15.4 Å². The summed E-state index contributed by atoms with van der Waals surface area (Å²) in [5.74, 6) is -2.16. The summed E-state index contributed by atoms with van der Waals surface area (Å²) in [5.41, 5.74) is 3.41. The lowest BCUT2D eigenvalue weighted by Gasteiger charge is -2.26. The van der Waals surface area contributed by atoms with E-state index in [9.17, 15) is 14.7 Å². The fraction of sp³-hybridized carbons (Fsp3) is 0.200. The van der Waals surface area contributed by atoms with Crippen LogP contribution in [0.1, 0.15) is 35.6 Å². The number of phenols is 1. The number of carbonyl (C=O) groups excluding carboxylic acids is 1. The highest BCUT2D eigenvalue weighted by Crippen LogP contribution is 2.40. The summed E-state index contributed by atoms with van der Waals surface area (Å²) in [6.45, 7) is 0.434. The highest BCUT2D eigenvalue weighted by molar-refractivity contribution is 6.39. The number of hydrogen-bond acceptors (Lipinski definition) is 5. The van der Waals surface area contributed by atoms with E-state index in [1.54, 1.807) is 12.1 Å². The van der Waals surface area contributed by atoms with Crippen molar-refractivity contribution >= 4 is 40.8 Å². The van der Waals surface area contributed by atoms with Gasteiger partial charge in [0.25, 0.3) is 0 Å². The van der Waals surface area contributed by atoms with Crippen molar-refractivity contribution < 1.29 is 24.5 Å². The third-order valence-electron chi connectivity index (χ3n) is 5.63. The monoisotopic (exact) mass is 500 g/mol. The molecule has 1 aliphatic rings. The topological polar surface area (TPSA) is 108 Å². The second-order valence-electron chi connectivity index (χ2n) is 7.95. The number of ether oxygens (including phenoxy) is 1. The number of fused-ring (bicyclic) bond motifs is 1. The van der Waals surface area contributed by atoms with Gasteiger partial charge in [-0.3, -0.25) is 4.79 Å². The number of carboxylic acid groups (broad SMARTS) is 1. The van der Waals surface area contributed by atoms with Gasteiger partial charge >= 0.3 is 11.9 Å². The Hall–Kier alpha value is -3.26. The van der Waals surface area contributed by atoms with E-state index in [1.807, 2.05) is 6.07 Å². The number of rotatable bonds is 6. The van der Waals surface area contributed by atoms with Crippen LogP contribution in [0.3, 0.4) is 0 Å². The first-order valence-electron chi connectivity index (χ1n) is 10.7. The summed E-state index contributed by atoms with van der Waals surface area (Å²) in [6.07, 6.45) is 3.19. The number of halogens is 2. The molecule has 0 spiro atoms. The van der Waals surface area contributed by atoms with Crippen LogP contribution >= 0.6 is 23.2 Å². The number of carbonyl (C=O) groups is 2. The van der Waals surface area contributed by atoms with Gasteiger partial charge in [0.05, 0.1) is 10.0 Å². The molecule has 0 saturated heterocycles. The van der Waals surface area contributed by atoms with Crippen LogP contribution in [0.15, 0.2) is 54.6 Å². The lowest BCUT2D eigenvalue weighted by Crippen LogP contribution is -2.24. The molecule has 0 heterocycles. The molecule has 0 fully saturated rings. The van der Waals surface area contributed by atoms with E-state index in [2.05, 4.69) is 28.8 Å². The predicted molar refractivity (Wildman–Crippen MR) is 130 cm³/mol. The summed E-state index contributed by atoms with van der Waals surface area (Å²) in [6, 6.07) is 16.1. The highest BCUT2D eigenvalue weighted by Gasteiger charge is 2.20. The highest BCUT2D eigenvalue weighted by atomic mass is 35.5. The molecular weight excluding hydrogens is 479 g/mol. The number of phenolic OH excluding ortho intramolecular Hbond substituents is 1. The van der Waals surface area contributed by atoms with Gasteiger partial charge in [-0.25, -0.2) is 4.79 Å². The standard InChI is InChI=1S/C25H22Cl2N2O5/c26-19-11-16(29-24(31)25(32)33)12-20(27)23(19)34-17-8-9-22(30)15(10-17)13-28-21-7-3-5-14-4-1-2-6-18(14)21/h1-2,4,6,8-12,21,28,30H,3,5,7,13H2,(H,29,31)(H,32,33). The van der Waals surface area contributed by atoms with Crippen LogP contribution in [0.25, 0.3) is 0 Å². The third kappa shape index (κ3) is 5.44. The van der Waals surface area contributed by atoms with Gasteiger partial charge in [-0.05, 0) is 60.7 Å². The lowest BCUT2D eigenvalue weighted by molar-refractivity contribution is -0.147. The molecule has 7 nitrogen and oxygen atoms in total. The summed E-state index contributed by atoms with van der Waals surface area (Å²) >= 11 is 12.5. The minimum Gasteiger partial charge on any atom is -0.508 e. The molecule has 0 aliphatic heterocycles. The van der Waals surface area contributed by atoms with Crippen molar-refractivity contribution in [3.8, 4) is 17.2 Å². The summed E-state index contributed by atoms with van der Waals surface area (Å²) < 4.78 is 5.86. The Morgan fingerprint density at radius 2 is 1.79 bits per heavy atom. The molecule has 34 heavy (non-hydrogen) atoms. The Balaban J connectivity index is 1.49. The van der Waals surface area contributed by atoms with Crippen molar-refractivity contribution in [2.45, 2.75) is 31.8 Å². The van der Waals surface area contributed by atoms with Gasteiger partial charge in [0, 0.05) is 23.8 Å². The van der Waals surface area contributed by atoms with Gasteiger partial charge in [-0.2, -0.15) is 0 Å². The number of amides is 1. The molecule has 1 atom stereocenters. The first-order chi connectivity index (χ1) is 16.3. The van der Waals surface area contributed by atoms with Gasteiger partial charge in [0.1, 0.15) is 11.5 Å². The van der Waals surface area contributed by atoms with Crippen LogP contribution in [-0.2, 0) is 22.6 Å². The zero-order valence-electron chi connectivity index (χ0n) is 18.0. The second kappa shape index (κ2) is 10.3. The molecular formula is C25H22Cl2N2O5. The van der Waals surface area contributed by atoms with E-state index in [0.29, 0.717) is 17.9 Å². The molecule has 3 aromatic carbocycles. The number of aryl methyl sites for hydroxylation is 1. The molecule has 0 saturated carbocycles. The number of benzene rings is 3. The van der Waals surface area contributed by atoms with E-state index in [0.717, 1.165) is 19.3 Å².